The fourth-order valence-corrected chi connectivity index (χ4v) is 1.48. The zero-order valence-corrected chi connectivity index (χ0v) is 11.6. The summed E-state index contributed by atoms with van der Waals surface area (Å²) in [5.74, 6) is 1.83. The lowest BCUT2D eigenvalue weighted by Gasteiger charge is -2.15. The first-order valence-corrected chi connectivity index (χ1v) is 6.34. The highest BCUT2D eigenvalue weighted by atomic mass is 16.2. The molecule has 5 nitrogen and oxygen atoms in total. The molecule has 0 fully saturated rings. The highest BCUT2D eigenvalue weighted by Gasteiger charge is 2.17. The van der Waals surface area contributed by atoms with E-state index in [1.807, 2.05) is 13.8 Å². The van der Waals surface area contributed by atoms with Crippen LogP contribution in [0, 0.1) is 18.3 Å². The Labute approximate surface area is 118 Å². The summed E-state index contributed by atoms with van der Waals surface area (Å²) in [7, 11) is 0. The molecule has 0 aliphatic heterocycles. The van der Waals surface area contributed by atoms with Crippen molar-refractivity contribution in [3.63, 3.8) is 0 Å². The van der Waals surface area contributed by atoms with Gasteiger partial charge in [0.05, 0.1) is 12.6 Å². The largest absolute Gasteiger partial charge is 0.346 e. The molecule has 0 aliphatic rings. The first-order chi connectivity index (χ1) is 9.43. The molecule has 106 valence electrons. The van der Waals surface area contributed by atoms with Crippen LogP contribution < -0.4 is 16.4 Å². The van der Waals surface area contributed by atoms with E-state index in [0.717, 1.165) is 0 Å². The minimum Gasteiger partial charge on any atom is -0.346 e. The molecule has 1 aromatic carbocycles. The van der Waals surface area contributed by atoms with E-state index < -0.39 is 6.04 Å². The Bertz CT molecular complexity index is 532. The molecule has 1 aromatic rings. The normalized spacial score (nSPS) is 11.6. The second-order valence-corrected chi connectivity index (χ2v) is 4.76. The SMILES string of the molecule is C#Cc1cccc(NC(=O)CNC(=O)[C@@H](N)C(C)C)c1. The monoisotopic (exact) mass is 273 g/mol. The smallest absolute Gasteiger partial charge is 0.243 e. The summed E-state index contributed by atoms with van der Waals surface area (Å²) in [6.45, 7) is 3.56. The first kappa shape index (κ1) is 15.7. The number of hydrogen-bond acceptors (Lipinski definition) is 3. The highest BCUT2D eigenvalue weighted by Crippen LogP contribution is 2.09. The van der Waals surface area contributed by atoms with Gasteiger partial charge in [0, 0.05) is 11.3 Å². The van der Waals surface area contributed by atoms with Gasteiger partial charge in [-0.2, -0.15) is 0 Å². The van der Waals surface area contributed by atoms with Crippen LogP contribution in [0.1, 0.15) is 19.4 Å². The minimum atomic E-state index is -0.618. The second kappa shape index (κ2) is 7.31. The van der Waals surface area contributed by atoms with Crippen LogP contribution in [0.5, 0.6) is 0 Å². The van der Waals surface area contributed by atoms with Gasteiger partial charge >= 0.3 is 0 Å². The number of anilines is 1. The lowest BCUT2D eigenvalue weighted by atomic mass is 10.1. The van der Waals surface area contributed by atoms with Crippen LogP contribution in [0.2, 0.25) is 0 Å². The Hall–Kier alpha value is -2.32. The molecule has 1 atom stereocenters. The van der Waals surface area contributed by atoms with Crippen molar-refractivity contribution < 1.29 is 9.59 Å². The molecular weight excluding hydrogens is 254 g/mol. The number of benzene rings is 1. The van der Waals surface area contributed by atoms with E-state index in [2.05, 4.69) is 16.6 Å². The van der Waals surface area contributed by atoms with E-state index in [-0.39, 0.29) is 24.3 Å². The third kappa shape index (κ3) is 4.75. The molecule has 0 saturated heterocycles. The molecule has 4 N–H and O–H groups in total. The standard InChI is InChI=1S/C15H19N3O2/c1-4-11-6-5-7-12(8-11)18-13(19)9-17-15(20)14(16)10(2)3/h1,5-8,10,14H,9,16H2,2-3H3,(H,17,20)(H,18,19)/t14-/m0/s1. The number of terminal acetylenes is 1. The third-order valence-corrected chi connectivity index (χ3v) is 2.76. The molecule has 0 aliphatic carbocycles. The van der Waals surface area contributed by atoms with Crippen molar-refractivity contribution in [2.24, 2.45) is 11.7 Å². The van der Waals surface area contributed by atoms with Gasteiger partial charge in [0.2, 0.25) is 11.8 Å². The molecule has 0 saturated carbocycles. The Kier molecular flexibility index (Phi) is 5.75. The Morgan fingerprint density at radius 3 is 2.70 bits per heavy atom. The van der Waals surface area contributed by atoms with Crippen LogP contribution in [0.3, 0.4) is 0 Å². The number of hydrogen-bond donors (Lipinski definition) is 3. The van der Waals surface area contributed by atoms with Gasteiger partial charge in [0.1, 0.15) is 0 Å². The van der Waals surface area contributed by atoms with Crippen molar-refractivity contribution >= 4 is 17.5 Å². The summed E-state index contributed by atoms with van der Waals surface area (Å²) >= 11 is 0. The van der Waals surface area contributed by atoms with E-state index in [1.54, 1.807) is 24.3 Å². The van der Waals surface area contributed by atoms with Crippen LogP contribution in [0.15, 0.2) is 24.3 Å². The first-order valence-electron chi connectivity index (χ1n) is 6.34. The molecule has 0 aromatic heterocycles. The van der Waals surface area contributed by atoms with Gasteiger partial charge in [-0.05, 0) is 24.1 Å². The van der Waals surface area contributed by atoms with E-state index in [0.29, 0.717) is 11.3 Å². The van der Waals surface area contributed by atoms with Gasteiger partial charge in [-0.15, -0.1) is 6.42 Å². The summed E-state index contributed by atoms with van der Waals surface area (Å²) in [6, 6.07) is 6.30. The van der Waals surface area contributed by atoms with E-state index in [9.17, 15) is 9.59 Å². The molecule has 2 amide bonds. The predicted molar refractivity (Wildman–Crippen MR) is 78.8 cm³/mol. The quantitative estimate of drug-likeness (QED) is 0.691. The molecule has 0 radical (unpaired) electrons. The second-order valence-electron chi connectivity index (χ2n) is 4.76. The lowest BCUT2D eigenvalue weighted by Crippen LogP contribution is -2.46. The van der Waals surface area contributed by atoms with Gasteiger partial charge < -0.3 is 16.4 Å². The van der Waals surface area contributed by atoms with Crippen LogP contribution in [0.4, 0.5) is 5.69 Å². The average Bonchev–Trinajstić information content (AvgIpc) is 2.43. The van der Waals surface area contributed by atoms with Crippen molar-refractivity contribution in [3.8, 4) is 12.3 Å². The molecule has 0 bridgehead atoms. The van der Waals surface area contributed by atoms with Gasteiger partial charge in [-0.25, -0.2) is 0 Å². The summed E-state index contributed by atoms with van der Waals surface area (Å²) in [5, 5.41) is 5.15. The van der Waals surface area contributed by atoms with Crippen molar-refractivity contribution in [1.82, 2.24) is 5.32 Å². The van der Waals surface area contributed by atoms with E-state index >= 15 is 0 Å². The number of nitrogens with one attached hydrogen (secondary N) is 2. The zero-order valence-electron chi connectivity index (χ0n) is 11.6. The van der Waals surface area contributed by atoms with Gasteiger partial charge in [0.15, 0.2) is 0 Å². The molecule has 0 heterocycles. The molecule has 5 heteroatoms. The number of amides is 2. The van der Waals surface area contributed by atoms with E-state index in [1.165, 1.54) is 0 Å². The lowest BCUT2D eigenvalue weighted by molar-refractivity contribution is -0.125. The van der Waals surface area contributed by atoms with E-state index in [4.69, 9.17) is 12.2 Å². The highest BCUT2D eigenvalue weighted by molar-refractivity contribution is 5.95. The van der Waals surface area contributed by atoms with Crippen LogP contribution in [-0.2, 0) is 9.59 Å². The number of carbonyl (C=O) groups excluding carboxylic acids is 2. The molecule has 0 unspecified atom stereocenters. The average molecular weight is 273 g/mol. The maximum Gasteiger partial charge on any atom is 0.243 e. The third-order valence-electron chi connectivity index (χ3n) is 2.76. The summed E-state index contributed by atoms with van der Waals surface area (Å²) in [4.78, 5) is 23.3. The Morgan fingerprint density at radius 1 is 1.40 bits per heavy atom. The molecule has 1 rings (SSSR count). The van der Waals surface area contributed by atoms with Crippen LogP contribution in [0.25, 0.3) is 0 Å². The topological polar surface area (TPSA) is 84.2 Å². The Balaban J connectivity index is 2.48. The van der Waals surface area contributed by atoms with Crippen molar-refractivity contribution in [2.75, 3.05) is 11.9 Å². The van der Waals surface area contributed by atoms with Gasteiger partial charge in [-0.3, -0.25) is 9.59 Å². The summed E-state index contributed by atoms with van der Waals surface area (Å²) < 4.78 is 0. The molecular formula is C15H19N3O2. The Morgan fingerprint density at radius 2 is 2.10 bits per heavy atom. The number of carbonyl (C=O) groups is 2. The van der Waals surface area contributed by atoms with Crippen molar-refractivity contribution in [1.29, 1.82) is 0 Å². The number of nitrogens with two attached hydrogens (primary N) is 1. The van der Waals surface area contributed by atoms with Crippen LogP contribution >= 0.6 is 0 Å². The maximum absolute atomic E-state index is 11.7. The van der Waals surface area contributed by atoms with Gasteiger partial charge in [-0.1, -0.05) is 25.8 Å². The number of rotatable bonds is 5. The summed E-state index contributed by atoms with van der Waals surface area (Å²) in [5.41, 5.74) is 6.94. The predicted octanol–water partition coefficient (Wildman–Crippen LogP) is 0.706. The van der Waals surface area contributed by atoms with Crippen LogP contribution in [-0.4, -0.2) is 24.4 Å². The molecule has 20 heavy (non-hydrogen) atoms. The van der Waals surface area contributed by atoms with Crippen molar-refractivity contribution in [3.05, 3.63) is 29.8 Å². The molecule has 0 spiro atoms. The fraction of sp³-hybridized carbons (Fsp3) is 0.333. The zero-order chi connectivity index (χ0) is 15.1. The fourth-order valence-electron chi connectivity index (χ4n) is 1.48. The maximum atomic E-state index is 11.7. The summed E-state index contributed by atoms with van der Waals surface area (Å²) in [6.07, 6.45) is 5.28. The van der Waals surface area contributed by atoms with Gasteiger partial charge in [0.25, 0.3) is 0 Å². The van der Waals surface area contributed by atoms with Crippen molar-refractivity contribution in [2.45, 2.75) is 19.9 Å². The minimum absolute atomic E-state index is 0.0189.